The predicted octanol–water partition coefficient (Wildman–Crippen LogP) is 7.61. The minimum atomic E-state index is -5.87. The summed E-state index contributed by atoms with van der Waals surface area (Å²) in [6.07, 6.45) is -2.17. The van der Waals surface area contributed by atoms with Crippen molar-refractivity contribution in [2.24, 2.45) is 16.7 Å². The van der Waals surface area contributed by atoms with E-state index in [0.717, 1.165) is 37.3 Å². The standard InChI is InChI=1S/C28H33F7O2/c1-17-19(15-20(36)16-22(17)29)7-6-18-5-3-10-24(2)21(18)8-9-23(24)25(13-14-25)11-4-12-26(37,27(30,31)32)28(33,34)35/h4,6-7,9,12,20-22,36-37H,1,3,5,8,10-11,13-16H2,2H3/b12-4-,18-6+,19-7-/t20-,21+,22+,24+/m1/s1. The molecule has 3 fully saturated rings. The Kier molecular flexibility index (Phi) is 7.15. The van der Waals surface area contributed by atoms with E-state index in [0.29, 0.717) is 30.4 Å². The third-order valence-electron chi connectivity index (χ3n) is 8.93. The van der Waals surface area contributed by atoms with Crippen LogP contribution >= 0.6 is 0 Å². The lowest BCUT2D eigenvalue weighted by Gasteiger charge is -2.43. The van der Waals surface area contributed by atoms with Gasteiger partial charge in [-0.2, -0.15) is 26.3 Å². The number of aliphatic hydroxyl groups excluding tert-OH is 1. The van der Waals surface area contributed by atoms with E-state index in [1.54, 1.807) is 0 Å². The molecule has 0 bridgehead atoms. The van der Waals surface area contributed by atoms with E-state index in [4.69, 9.17) is 0 Å². The van der Waals surface area contributed by atoms with E-state index in [2.05, 4.69) is 19.6 Å². The summed E-state index contributed by atoms with van der Waals surface area (Å²) < 4.78 is 92.5. The highest BCUT2D eigenvalue weighted by Crippen LogP contribution is 2.67. The molecule has 4 rings (SSSR count). The van der Waals surface area contributed by atoms with Crippen molar-refractivity contribution in [1.29, 1.82) is 0 Å². The third-order valence-corrected chi connectivity index (χ3v) is 8.93. The molecule has 9 heteroatoms. The quantitative estimate of drug-likeness (QED) is 0.282. The number of aliphatic hydroxyl groups is 2. The molecule has 2 nitrogen and oxygen atoms in total. The molecule has 4 aliphatic carbocycles. The van der Waals surface area contributed by atoms with Gasteiger partial charge in [-0.15, -0.1) is 0 Å². The Morgan fingerprint density at radius 2 is 1.73 bits per heavy atom. The third kappa shape index (κ3) is 4.98. The van der Waals surface area contributed by atoms with E-state index in [9.17, 15) is 40.9 Å². The summed E-state index contributed by atoms with van der Waals surface area (Å²) >= 11 is 0. The summed E-state index contributed by atoms with van der Waals surface area (Å²) in [5.74, 6) is 0.139. The normalized spacial score (nSPS) is 34.8. The molecule has 4 aliphatic rings. The number of hydrogen-bond donors (Lipinski definition) is 2. The van der Waals surface area contributed by atoms with Gasteiger partial charge in [0.15, 0.2) is 0 Å². The van der Waals surface area contributed by atoms with Crippen LogP contribution in [0.1, 0.15) is 64.7 Å². The van der Waals surface area contributed by atoms with Gasteiger partial charge in [0.25, 0.3) is 5.60 Å². The number of fused-ring (bicyclic) bond motifs is 1. The van der Waals surface area contributed by atoms with Gasteiger partial charge in [0.1, 0.15) is 6.17 Å². The van der Waals surface area contributed by atoms with Crippen LogP contribution in [0.4, 0.5) is 30.7 Å². The summed E-state index contributed by atoms with van der Waals surface area (Å²) in [6.45, 7) is 5.94. The van der Waals surface area contributed by atoms with Crippen LogP contribution < -0.4 is 0 Å². The second-order valence-corrected chi connectivity index (χ2v) is 11.3. The van der Waals surface area contributed by atoms with Crippen molar-refractivity contribution in [3.63, 3.8) is 0 Å². The fourth-order valence-corrected chi connectivity index (χ4v) is 6.61. The van der Waals surface area contributed by atoms with Crippen molar-refractivity contribution < 1.29 is 40.9 Å². The van der Waals surface area contributed by atoms with Gasteiger partial charge in [0.2, 0.25) is 0 Å². The molecular formula is C28H33F7O2. The van der Waals surface area contributed by atoms with Gasteiger partial charge in [0.05, 0.1) is 6.10 Å². The zero-order chi connectivity index (χ0) is 27.4. The van der Waals surface area contributed by atoms with Crippen molar-refractivity contribution >= 4 is 0 Å². The van der Waals surface area contributed by atoms with Crippen LogP contribution in [0.2, 0.25) is 0 Å². The first kappa shape index (κ1) is 28.1. The summed E-state index contributed by atoms with van der Waals surface area (Å²) in [6, 6.07) is 0. The molecule has 0 saturated heterocycles. The number of hydrogen-bond acceptors (Lipinski definition) is 2. The van der Waals surface area contributed by atoms with E-state index >= 15 is 0 Å². The molecule has 0 aliphatic heterocycles. The first-order valence-electron chi connectivity index (χ1n) is 12.7. The van der Waals surface area contributed by atoms with Gasteiger partial charge in [-0.3, -0.25) is 0 Å². The van der Waals surface area contributed by atoms with Gasteiger partial charge < -0.3 is 10.2 Å². The van der Waals surface area contributed by atoms with E-state index in [1.807, 2.05) is 12.2 Å². The van der Waals surface area contributed by atoms with Crippen LogP contribution in [0.25, 0.3) is 0 Å². The zero-order valence-corrected chi connectivity index (χ0v) is 20.7. The fourth-order valence-electron chi connectivity index (χ4n) is 6.61. The van der Waals surface area contributed by atoms with Crippen LogP contribution in [-0.4, -0.2) is 40.4 Å². The highest BCUT2D eigenvalue weighted by Gasteiger charge is 2.69. The van der Waals surface area contributed by atoms with Gasteiger partial charge >= 0.3 is 12.4 Å². The summed E-state index contributed by atoms with van der Waals surface area (Å²) in [5.41, 5.74) is -2.33. The minimum Gasteiger partial charge on any atom is -0.393 e. The molecular weight excluding hydrogens is 501 g/mol. The maximum Gasteiger partial charge on any atom is 0.429 e. The molecule has 2 N–H and O–H groups in total. The molecule has 206 valence electrons. The molecule has 4 atom stereocenters. The molecule has 0 aromatic heterocycles. The average Bonchev–Trinajstić information content (AvgIpc) is 3.46. The van der Waals surface area contributed by atoms with Crippen LogP contribution in [0.5, 0.6) is 0 Å². The van der Waals surface area contributed by atoms with E-state index in [-0.39, 0.29) is 30.3 Å². The Bertz CT molecular complexity index is 1030. The Balaban J connectivity index is 1.53. The number of alkyl halides is 7. The van der Waals surface area contributed by atoms with Crippen molar-refractivity contribution in [2.45, 2.75) is 94.9 Å². The topological polar surface area (TPSA) is 40.5 Å². The van der Waals surface area contributed by atoms with Gasteiger partial charge in [-0.25, -0.2) is 4.39 Å². The van der Waals surface area contributed by atoms with Crippen molar-refractivity contribution in [3.8, 4) is 0 Å². The predicted molar refractivity (Wildman–Crippen MR) is 126 cm³/mol. The van der Waals surface area contributed by atoms with Crippen molar-refractivity contribution in [2.75, 3.05) is 0 Å². The highest BCUT2D eigenvalue weighted by atomic mass is 19.4. The molecule has 0 spiro atoms. The largest absolute Gasteiger partial charge is 0.429 e. The van der Waals surface area contributed by atoms with E-state index in [1.165, 1.54) is 5.57 Å². The monoisotopic (exact) mass is 534 g/mol. The number of halogens is 7. The Hall–Kier alpha value is -1.87. The Labute approximate surface area is 212 Å². The molecule has 0 unspecified atom stereocenters. The van der Waals surface area contributed by atoms with Crippen LogP contribution in [0.15, 0.2) is 59.3 Å². The summed E-state index contributed by atoms with van der Waals surface area (Å²) in [7, 11) is 0. The highest BCUT2D eigenvalue weighted by molar-refractivity contribution is 5.42. The smallest absolute Gasteiger partial charge is 0.393 e. The van der Waals surface area contributed by atoms with Crippen molar-refractivity contribution in [1.82, 2.24) is 0 Å². The number of rotatable bonds is 5. The second kappa shape index (κ2) is 9.40. The molecule has 3 saturated carbocycles. The van der Waals surface area contributed by atoms with Gasteiger partial charge in [-0.1, -0.05) is 49.0 Å². The van der Waals surface area contributed by atoms with E-state index < -0.39 is 35.6 Å². The summed E-state index contributed by atoms with van der Waals surface area (Å²) in [4.78, 5) is 0. The number of allylic oxidation sites excluding steroid dienone is 7. The lowest BCUT2D eigenvalue weighted by Crippen LogP contribution is -2.55. The zero-order valence-electron chi connectivity index (χ0n) is 20.7. The molecule has 0 amide bonds. The lowest BCUT2D eigenvalue weighted by atomic mass is 9.61. The van der Waals surface area contributed by atoms with Crippen LogP contribution in [-0.2, 0) is 0 Å². The molecule has 0 radical (unpaired) electrons. The molecule has 0 aromatic carbocycles. The van der Waals surface area contributed by atoms with Gasteiger partial charge in [-0.05, 0) is 85.3 Å². The lowest BCUT2D eigenvalue weighted by molar-refractivity contribution is -0.347. The maximum absolute atomic E-state index is 14.1. The Morgan fingerprint density at radius 1 is 1.08 bits per heavy atom. The SMILES string of the molecule is C=C1/C(=C\C=C2/CCC[C@]3(C)C(C4(C/C=C\C(O)(C(F)(F)F)C(F)(F)F)CC4)=CC[C@@H]23)C[C@@H](O)C[C@@H]1F. The molecule has 0 aromatic rings. The van der Waals surface area contributed by atoms with Gasteiger partial charge in [0, 0.05) is 6.42 Å². The van der Waals surface area contributed by atoms with Crippen molar-refractivity contribution in [3.05, 3.63) is 59.3 Å². The molecule has 37 heavy (non-hydrogen) atoms. The minimum absolute atomic E-state index is 0.00564. The van der Waals surface area contributed by atoms with Crippen LogP contribution in [0, 0.1) is 16.7 Å². The summed E-state index contributed by atoms with van der Waals surface area (Å²) in [5, 5.41) is 19.4. The van der Waals surface area contributed by atoms with Crippen LogP contribution in [0.3, 0.4) is 0 Å². The molecule has 0 heterocycles. The Morgan fingerprint density at radius 3 is 2.32 bits per heavy atom. The second-order valence-electron chi connectivity index (χ2n) is 11.3. The average molecular weight is 535 g/mol. The maximum atomic E-state index is 14.1. The fraction of sp³-hybridized carbons (Fsp3) is 0.643. The first-order valence-corrected chi connectivity index (χ1v) is 12.7. The first-order chi connectivity index (χ1) is 17.0.